The standard InChI is InChI=1S/C15H19ClO3/c1-8-4-7-15(18)11(8)12-10(5-6-14(15,3)16)9(2)13(17)19-12/h4,10-12,18H,2,5-7H2,1,3H3/t10-,11+,12-,14+,15+/m0/s1. The van der Waals surface area contributed by atoms with Gasteiger partial charge in [-0.2, -0.15) is 0 Å². The lowest BCUT2D eigenvalue weighted by Gasteiger charge is -2.42. The number of rotatable bonds is 0. The number of hydrogen-bond acceptors (Lipinski definition) is 3. The van der Waals surface area contributed by atoms with Crippen LogP contribution in [0.4, 0.5) is 0 Å². The van der Waals surface area contributed by atoms with Crippen molar-refractivity contribution in [2.45, 2.75) is 49.7 Å². The Kier molecular flexibility index (Phi) is 2.68. The van der Waals surface area contributed by atoms with Gasteiger partial charge in [-0.3, -0.25) is 0 Å². The molecular formula is C15H19ClO3. The summed E-state index contributed by atoms with van der Waals surface area (Å²) in [5, 5.41) is 11.1. The van der Waals surface area contributed by atoms with Crippen molar-refractivity contribution >= 4 is 17.6 Å². The second kappa shape index (κ2) is 3.86. The number of alkyl halides is 1. The molecule has 0 radical (unpaired) electrons. The van der Waals surface area contributed by atoms with Gasteiger partial charge in [0.05, 0.1) is 10.5 Å². The Bertz CT molecular complexity index is 494. The number of carbonyl (C=O) groups is 1. The average Bonchev–Trinajstić information content (AvgIpc) is 2.75. The third kappa shape index (κ3) is 1.58. The fraction of sp³-hybridized carbons (Fsp3) is 0.667. The summed E-state index contributed by atoms with van der Waals surface area (Å²) in [5.41, 5.74) is 0.554. The van der Waals surface area contributed by atoms with E-state index in [1.165, 1.54) is 0 Å². The highest BCUT2D eigenvalue weighted by atomic mass is 35.5. The molecular weight excluding hydrogens is 264 g/mol. The van der Waals surface area contributed by atoms with Gasteiger partial charge >= 0.3 is 5.97 Å². The van der Waals surface area contributed by atoms with Gasteiger partial charge in [0.15, 0.2) is 0 Å². The smallest absolute Gasteiger partial charge is 0.334 e. The van der Waals surface area contributed by atoms with E-state index >= 15 is 0 Å². The summed E-state index contributed by atoms with van der Waals surface area (Å²) in [5.74, 6) is -0.563. The van der Waals surface area contributed by atoms with Gasteiger partial charge in [0, 0.05) is 17.4 Å². The van der Waals surface area contributed by atoms with Crippen LogP contribution in [0.15, 0.2) is 23.8 Å². The SMILES string of the molecule is C=C1C(=O)O[C@@H]2[C@H]3C(C)=CC[C@]3(O)[C@](C)(Cl)CC[C@@H]12. The molecule has 0 aromatic heterocycles. The number of halogens is 1. The molecule has 0 aromatic carbocycles. The first-order chi connectivity index (χ1) is 8.78. The van der Waals surface area contributed by atoms with Gasteiger partial charge in [-0.25, -0.2) is 4.79 Å². The highest BCUT2D eigenvalue weighted by Crippen LogP contribution is 2.56. The molecule has 1 heterocycles. The maximum absolute atomic E-state index is 11.8. The monoisotopic (exact) mass is 282 g/mol. The first kappa shape index (κ1) is 13.2. The van der Waals surface area contributed by atoms with E-state index in [0.717, 1.165) is 12.0 Å². The van der Waals surface area contributed by atoms with Gasteiger partial charge in [0.25, 0.3) is 0 Å². The summed E-state index contributed by atoms with van der Waals surface area (Å²) in [6.45, 7) is 7.72. The van der Waals surface area contributed by atoms with E-state index in [-0.39, 0.29) is 23.9 Å². The summed E-state index contributed by atoms with van der Waals surface area (Å²) < 4.78 is 5.50. The van der Waals surface area contributed by atoms with E-state index in [1.54, 1.807) is 0 Å². The van der Waals surface area contributed by atoms with E-state index < -0.39 is 10.5 Å². The van der Waals surface area contributed by atoms with E-state index in [2.05, 4.69) is 6.58 Å². The largest absolute Gasteiger partial charge is 0.458 e. The fourth-order valence-corrected chi connectivity index (χ4v) is 4.23. The Hall–Kier alpha value is -0.800. The Labute approximate surface area is 118 Å². The van der Waals surface area contributed by atoms with Crippen LogP contribution in [0.2, 0.25) is 0 Å². The Morgan fingerprint density at radius 2 is 2.26 bits per heavy atom. The van der Waals surface area contributed by atoms with Crippen LogP contribution in [-0.2, 0) is 9.53 Å². The normalized spacial score (nSPS) is 49.3. The molecule has 2 aliphatic carbocycles. The quantitative estimate of drug-likeness (QED) is 0.321. The molecule has 104 valence electrons. The first-order valence-corrected chi connectivity index (χ1v) is 7.13. The van der Waals surface area contributed by atoms with Crippen molar-refractivity contribution in [3.8, 4) is 0 Å². The molecule has 0 spiro atoms. The van der Waals surface area contributed by atoms with Crippen LogP contribution in [0, 0.1) is 11.8 Å². The second-order valence-corrected chi connectivity index (χ2v) is 7.13. The van der Waals surface area contributed by atoms with Crippen molar-refractivity contribution < 1.29 is 14.6 Å². The molecule has 0 unspecified atom stereocenters. The number of ether oxygens (including phenoxy) is 1. The molecule has 0 bridgehead atoms. The molecule has 19 heavy (non-hydrogen) atoms. The molecule has 3 rings (SSSR count). The van der Waals surface area contributed by atoms with E-state index in [4.69, 9.17) is 16.3 Å². The van der Waals surface area contributed by atoms with Crippen LogP contribution >= 0.6 is 11.6 Å². The van der Waals surface area contributed by atoms with Crippen LogP contribution in [0.25, 0.3) is 0 Å². The van der Waals surface area contributed by atoms with Gasteiger partial charge < -0.3 is 9.84 Å². The van der Waals surface area contributed by atoms with Crippen molar-refractivity contribution in [2.24, 2.45) is 11.8 Å². The molecule has 3 nitrogen and oxygen atoms in total. The third-order valence-corrected chi connectivity index (χ3v) is 5.76. The summed E-state index contributed by atoms with van der Waals surface area (Å²) >= 11 is 6.63. The summed E-state index contributed by atoms with van der Waals surface area (Å²) in [6, 6.07) is 0. The van der Waals surface area contributed by atoms with E-state index in [0.29, 0.717) is 18.4 Å². The van der Waals surface area contributed by atoms with Crippen LogP contribution in [-0.4, -0.2) is 27.7 Å². The maximum atomic E-state index is 11.8. The zero-order valence-electron chi connectivity index (χ0n) is 11.3. The second-order valence-electron chi connectivity index (χ2n) is 6.29. The van der Waals surface area contributed by atoms with Crippen LogP contribution < -0.4 is 0 Å². The molecule has 1 saturated heterocycles. The van der Waals surface area contributed by atoms with Crippen molar-refractivity contribution in [3.05, 3.63) is 23.8 Å². The number of esters is 1. The molecule has 4 heteroatoms. The Morgan fingerprint density at radius 3 is 2.95 bits per heavy atom. The van der Waals surface area contributed by atoms with E-state index in [1.807, 2.05) is 19.9 Å². The van der Waals surface area contributed by atoms with E-state index in [9.17, 15) is 9.90 Å². The predicted molar refractivity (Wildman–Crippen MR) is 72.8 cm³/mol. The number of carbonyl (C=O) groups excluding carboxylic acids is 1. The van der Waals surface area contributed by atoms with Crippen LogP contribution in [0.5, 0.6) is 0 Å². The molecule has 1 aliphatic heterocycles. The lowest BCUT2D eigenvalue weighted by molar-refractivity contribution is -0.145. The van der Waals surface area contributed by atoms with Crippen LogP contribution in [0.3, 0.4) is 0 Å². The minimum atomic E-state index is -1.04. The minimum Gasteiger partial charge on any atom is -0.458 e. The molecule has 5 atom stereocenters. The summed E-state index contributed by atoms with van der Waals surface area (Å²) in [4.78, 5) is 11.1. The molecule has 0 amide bonds. The molecule has 1 N–H and O–H groups in total. The third-order valence-electron chi connectivity index (χ3n) is 5.25. The lowest BCUT2D eigenvalue weighted by atomic mass is 9.74. The number of aliphatic hydroxyl groups is 1. The van der Waals surface area contributed by atoms with Crippen molar-refractivity contribution in [1.82, 2.24) is 0 Å². The maximum Gasteiger partial charge on any atom is 0.334 e. The van der Waals surface area contributed by atoms with Crippen LogP contribution in [0.1, 0.15) is 33.1 Å². The zero-order valence-corrected chi connectivity index (χ0v) is 12.0. The highest BCUT2D eigenvalue weighted by molar-refractivity contribution is 6.24. The van der Waals surface area contributed by atoms with Gasteiger partial charge in [0.2, 0.25) is 0 Å². The lowest BCUT2D eigenvalue weighted by Crippen LogP contribution is -2.54. The molecule has 1 saturated carbocycles. The van der Waals surface area contributed by atoms with Gasteiger partial charge in [0.1, 0.15) is 6.10 Å². The average molecular weight is 283 g/mol. The molecule has 2 fully saturated rings. The summed E-state index contributed by atoms with van der Waals surface area (Å²) in [7, 11) is 0. The highest BCUT2D eigenvalue weighted by Gasteiger charge is 2.62. The Morgan fingerprint density at radius 1 is 1.58 bits per heavy atom. The van der Waals surface area contributed by atoms with Crippen molar-refractivity contribution in [3.63, 3.8) is 0 Å². The fourth-order valence-electron chi connectivity index (χ4n) is 3.93. The molecule has 3 aliphatic rings. The van der Waals surface area contributed by atoms with Gasteiger partial charge in [-0.05, 0) is 33.1 Å². The predicted octanol–water partition coefficient (Wildman–Crippen LogP) is 2.57. The zero-order chi connectivity index (χ0) is 14.0. The van der Waals surface area contributed by atoms with Crippen molar-refractivity contribution in [1.29, 1.82) is 0 Å². The summed E-state index contributed by atoms with van der Waals surface area (Å²) in [6.07, 6.45) is 3.62. The van der Waals surface area contributed by atoms with Crippen molar-refractivity contribution in [2.75, 3.05) is 0 Å². The number of fused-ring (bicyclic) bond motifs is 3. The topological polar surface area (TPSA) is 46.5 Å². The van der Waals surface area contributed by atoms with Gasteiger partial charge in [-0.15, -0.1) is 11.6 Å². The minimum absolute atomic E-state index is 0.0222. The first-order valence-electron chi connectivity index (χ1n) is 6.76. The number of hydrogen-bond donors (Lipinski definition) is 1. The Balaban J connectivity index is 2.09. The van der Waals surface area contributed by atoms with Gasteiger partial charge in [-0.1, -0.05) is 18.2 Å². The molecule has 0 aromatic rings.